The second kappa shape index (κ2) is 9.24. The summed E-state index contributed by atoms with van der Waals surface area (Å²) in [5.74, 6) is 0. The highest BCUT2D eigenvalue weighted by Crippen LogP contribution is 2.30. The van der Waals surface area contributed by atoms with E-state index < -0.39 is 86.0 Å². The lowest BCUT2D eigenvalue weighted by molar-refractivity contribution is -0.352. The van der Waals surface area contributed by atoms with E-state index in [9.17, 15) is 40.0 Å². The molecule has 154 valence electrons. The van der Waals surface area contributed by atoms with Crippen LogP contribution >= 0.6 is 0 Å². The van der Waals surface area contributed by atoms with Crippen LogP contribution in [0.4, 0.5) is 0 Å². The fourth-order valence-electron chi connectivity index (χ4n) is 2.75. The zero-order chi connectivity index (χ0) is 19.6. The van der Waals surface area contributed by atoms with Crippen LogP contribution in [0, 0.1) is 0 Å². The summed E-state index contributed by atoms with van der Waals surface area (Å²) in [6.07, 6.45) is -16.5. The molecule has 0 saturated carbocycles. The lowest BCUT2D eigenvalue weighted by atomic mass is 9.97. The van der Waals surface area contributed by atoms with Gasteiger partial charge in [-0.2, -0.15) is 4.21 Å². The molecule has 14 heteroatoms. The second-order valence-corrected chi connectivity index (χ2v) is 6.44. The molecule has 0 aromatic rings. The first-order chi connectivity index (χ1) is 12.2. The number of ether oxygens (including phenoxy) is 3. The highest BCUT2D eigenvalue weighted by molar-refractivity contribution is 7.74. The Labute approximate surface area is 149 Å². The number of aliphatic hydroxyl groups excluding tert-OH is 7. The van der Waals surface area contributed by atoms with Gasteiger partial charge >= 0.3 is 11.4 Å². The van der Waals surface area contributed by atoms with Gasteiger partial charge in [0, 0.05) is 0 Å². The van der Waals surface area contributed by atoms with Gasteiger partial charge in [-0.05, 0) is 0 Å². The first-order valence-corrected chi connectivity index (χ1v) is 8.60. The molecule has 2 aliphatic rings. The molecule has 8 N–H and O–H groups in total. The van der Waals surface area contributed by atoms with E-state index in [0.29, 0.717) is 0 Å². The van der Waals surface area contributed by atoms with Crippen molar-refractivity contribution in [2.24, 2.45) is 0 Å². The average molecular weight is 406 g/mol. The monoisotopic (exact) mass is 406 g/mol. The van der Waals surface area contributed by atoms with Crippen LogP contribution in [-0.4, -0.2) is 119 Å². The number of rotatable bonds is 6. The summed E-state index contributed by atoms with van der Waals surface area (Å²) >= 11 is -2.90. The molecule has 0 radical (unpaired) electrons. The van der Waals surface area contributed by atoms with Crippen LogP contribution < -0.4 is 0 Å². The minimum atomic E-state index is -2.90. The van der Waals surface area contributed by atoms with E-state index in [1.54, 1.807) is 0 Å². The number of aliphatic hydroxyl groups is 7. The molecule has 26 heavy (non-hydrogen) atoms. The van der Waals surface area contributed by atoms with Crippen LogP contribution in [0.5, 0.6) is 0 Å². The van der Waals surface area contributed by atoms with Crippen LogP contribution in [0.3, 0.4) is 0 Å². The Kier molecular flexibility index (Phi) is 7.81. The van der Waals surface area contributed by atoms with Crippen molar-refractivity contribution in [3.8, 4) is 0 Å². The predicted molar refractivity (Wildman–Crippen MR) is 78.3 cm³/mol. The van der Waals surface area contributed by atoms with E-state index in [2.05, 4.69) is 4.18 Å². The molecule has 0 bridgehead atoms. The van der Waals surface area contributed by atoms with Crippen molar-refractivity contribution < 1.29 is 62.9 Å². The molecule has 0 aromatic carbocycles. The first kappa shape index (κ1) is 22.0. The van der Waals surface area contributed by atoms with Gasteiger partial charge in [0.1, 0.15) is 42.7 Å². The third-order valence-corrected chi connectivity index (χ3v) is 4.54. The summed E-state index contributed by atoms with van der Waals surface area (Å²) in [5, 5.41) is 67.6. The first-order valence-electron chi connectivity index (χ1n) is 7.57. The molecule has 2 heterocycles. The van der Waals surface area contributed by atoms with E-state index in [4.69, 9.17) is 18.8 Å². The molecular weight excluding hydrogens is 384 g/mol. The largest absolute Gasteiger partial charge is 0.394 e. The van der Waals surface area contributed by atoms with E-state index in [1.165, 1.54) is 0 Å². The van der Waals surface area contributed by atoms with Gasteiger partial charge in [-0.1, -0.05) is 0 Å². The fourth-order valence-corrected chi connectivity index (χ4v) is 3.15. The Balaban J connectivity index is 2.22. The molecule has 2 saturated heterocycles. The Morgan fingerprint density at radius 2 is 1.38 bits per heavy atom. The van der Waals surface area contributed by atoms with Crippen molar-refractivity contribution in [1.82, 2.24) is 0 Å². The summed E-state index contributed by atoms with van der Waals surface area (Å²) in [6, 6.07) is 0. The van der Waals surface area contributed by atoms with Crippen LogP contribution in [0.2, 0.25) is 0 Å². The van der Waals surface area contributed by atoms with Gasteiger partial charge in [0.05, 0.1) is 13.2 Å². The van der Waals surface area contributed by atoms with E-state index in [1.807, 2.05) is 0 Å². The molecule has 0 spiro atoms. The molecule has 1 unspecified atom stereocenters. The van der Waals surface area contributed by atoms with Gasteiger partial charge in [0.2, 0.25) is 0 Å². The zero-order valence-corrected chi connectivity index (χ0v) is 14.0. The van der Waals surface area contributed by atoms with Crippen LogP contribution in [0.25, 0.3) is 0 Å². The molecule has 0 aliphatic carbocycles. The molecule has 0 amide bonds. The van der Waals surface area contributed by atoms with Gasteiger partial charge < -0.3 is 50.0 Å². The summed E-state index contributed by atoms with van der Waals surface area (Å²) in [6.45, 7) is -1.49. The molecule has 2 fully saturated rings. The third-order valence-electron chi connectivity index (χ3n) is 4.15. The van der Waals surface area contributed by atoms with Crippen LogP contribution in [0.1, 0.15) is 0 Å². The number of hydrogen-bond donors (Lipinski definition) is 8. The van der Waals surface area contributed by atoms with Gasteiger partial charge in [-0.25, -0.2) is 0 Å². The van der Waals surface area contributed by atoms with E-state index >= 15 is 0 Å². The highest BCUT2D eigenvalue weighted by atomic mass is 32.2. The quantitative estimate of drug-likeness (QED) is 0.194. The third kappa shape index (κ3) is 4.56. The van der Waals surface area contributed by atoms with Crippen molar-refractivity contribution in [2.75, 3.05) is 13.2 Å². The van der Waals surface area contributed by atoms with Gasteiger partial charge in [-0.3, -0.25) is 8.74 Å². The van der Waals surface area contributed by atoms with E-state index in [-0.39, 0.29) is 0 Å². The van der Waals surface area contributed by atoms with Crippen molar-refractivity contribution in [2.45, 2.75) is 61.4 Å². The maximum Gasteiger partial charge on any atom is 0.302 e. The van der Waals surface area contributed by atoms with Crippen molar-refractivity contribution in [3.05, 3.63) is 0 Å². The van der Waals surface area contributed by atoms with E-state index in [0.717, 1.165) is 0 Å². The second-order valence-electron chi connectivity index (χ2n) is 5.81. The van der Waals surface area contributed by atoms with Gasteiger partial charge in [-0.15, -0.1) is 0 Å². The van der Waals surface area contributed by atoms with Crippen molar-refractivity contribution in [3.63, 3.8) is 0 Å². The summed E-state index contributed by atoms with van der Waals surface area (Å²) in [5.41, 5.74) is 0. The molecule has 11 atom stereocenters. The van der Waals surface area contributed by atoms with Crippen molar-refractivity contribution >= 4 is 11.4 Å². The topological polar surface area (TPSA) is 216 Å². The van der Waals surface area contributed by atoms with Gasteiger partial charge in [0.15, 0.2) is 18.7 Å². The molecular formula is C12H22O13S. The lowest BCUT2D eigenvalue weighted by Gasteiger charge is -2.45. The minimum Gasteiger partial charge on any atom is -0.394 e. The fraction of sp³-hybridized carbons (Fsp3) is 1.00. The standard InChI is InChI=1S/C12H22O13S/c13-1-3-5(15)6(16)10(25-26(20)21)12(23-3)24-9-4(2-14)22-11(19)8(18)7(9)17/h3-19H,1-2H2,(H,20,21)/t3-,4-,5+,6+,7-,8-,9-,10-,11-,12+/m1/s1. The lowest BCUT2D eigenvalue weighted by Crippen LogP contribution is -2.64. The smallest absolute Gasteiger partial charge is 0.302 e. The Morgan fingerprint density at radius 1 is 0.808 bits per heavy atom. The zero-order valence-electron chi connectivity index (χ0n) is 13.2. The molecule has 2 aliphatic heterocycles. The Hall–Kier alpha value is -0.330. The normalized spacial score (nSPS) is 48.3. The molecule has 0 aromatic heterocycles. The molecule has 2 rings (SSSR count). The highest BCUT2D eigenvalue weighted by Gasteiger charge is 2.51. The SMILES string of the molecule is O=S(O)O[C@H]1[C@H](O[C@H]2[C@H](O)[C@@H](O)[C@H](O)O[C@@H]2CO)O[C@H](CO)[C@H](O)[C@@H]1O. The summed E-state index contributed by atoms with van der Waals surface area (Å²) in [4.78, 5) is 0. The van der Waals surface area contributed by atoms with Crippen LogP contribution in [0.15, 0.2) is 0 Å². The number of hydrogen-bond acceptors (Lipinski definition) is 12. The molecule has 13 nitrogen and oxygen atoms in total. The van der Waals surface area contributed by atoms with Crippen molar-refractivity contribution in [1.29, 1.82) is 0 Å². The minimum absolute atomic E-state index is 0.746. The average Bonchev–Trinajstić information content (AvgIpc) is 2.60. The van der Waals surface area contributed by atoms with Crippen LogP contribution in [-0.2, 0) is 29.8 Å². The predicted octanol–water partition coefficient (Wildman–Crippen LogP) is -5.24. The maximum atomic E-state index is 10.9. The maximum absolute atomic E-state index is 10.9. The summed E-state index contributed by atoms with van der Waals surface area (Å²) in [7, 11) is 0. The Bertz CT molecular complexity index is 478. The van der Waals surface area contributed by atoms with Gasteiger partial charge in [0.25, 0.3) is 0 Å². The summed E-state index contributed by atoms with van der Waals surface area (Å²) < 4.78 is 39.8. The Morgan fingerprint density at radius 3 is 1.92 bits per heavy atom.